The van der Waals surface area contributed by atoms with E-state index in [0.717, 1.165) is 22.3 Å². The van der Waals surface area contributed by atoms with Crippen molar-refractivity contribution in [1.82, 2.24) is 9.78 Å². The Labute approximate surface area is 186 Å². The molecule has 31 heavy (non-hydrogen) atoms. The standard InChI is InChI=1S/C21H22BrF2N5O2/c1-21(2,11-25)31-18-7-5-13(9-14(18)19-15(22)10-26-29(19)3)27-20(30)28-17-6-4-12(23)8-16(17)24/h4-10H,11,25H2,1-3H3,(H2,27,28,30). The van der Waals surface area contributed by atoms with E-state index >= 15 is 0 Å². The zero-order valence-corrected chi connectivity index (χ0v) is 18.8. The van der Waals surface area contributed by atoms with Gasteiger partial charge >= 0.3 is 6.03 Å². The van der Waals surface area contributed by atoms with E-state index in [1.165, 1.54) is 0 Å². The summed E-state index contributed by atoms with van der Waals surface area (Å²) in [4.78, 5) is 12.4. The van der Waals surface area contributed by atoms with Gasteiger partial charge in [0, 0.05) is 30.9 Å². The second-order valence-electron chi connectivity index (χ2n) is 7.44. The van der Waals surface area contributed by atoms with Crippen LogP contribution in [0.4, 0.5) is 25.0 Å². The highest BCUT2D eigenvalue weighted by Gasteiger charge is 2.22. The van der Waals surface area contributed by atoms with E-state index < -0.39 is 23.3 Å². The zero-order valence-electron chi connectivity index (χ0n) is 17.2. The van der Waals surface area contributed by atoms with Crippen molar-refractivity contribution in [3.05, 3.63) is 58.7 Å². The van der Waals surface area contributed by atoms with Crippen LogP contribution in [0.3, 0.4) is 0 Å². The predicted molar refractivity (Wildman–Crippen MR) is 119 cm³/mol. The van der Waals surface area contributed by atoms with Crippen LogP contribution >= 0.6 is 15.9 Å². The number of carbonyl (C=O) groups excluding carboxylic acids is 1. The molecule has 0 bridgehead atoms. The maximum atomic E-state index is 13.8. The normalized spacial score (nSPS) is 11.3. The van der Waals surface area contributed by atoms with Crippen LogP contribution in [0.5, 0.6) is 5.75 Å². The molecule has 0 aliphatic rings. The fourth-order valence-corrected chi connectivity index (χ4v) is 3.37. The van der Waals surface area contributed by atoms with Gasteiger partial charge in [-0.3, -0.25) is 4.68 Å². The largest absolute Gasteiger partial charge is 0.486 e. The fraction of sp³-hybridized carbons (Fsp3) is 0.238. The number of ether oxygens (including phenoxy) is 1. The van der Waals surface area contributed by atoms with E-state index in [2.05, 4.69) is 31.7 Å². The average Bonchev–Trinajstić information content (AvgIpc) is 3.03. The van der Waals surface area contributed by atoms with Gasteiger partial charge in [0.2, 0.25) is 0 Å². The van der Waals surface area contributed by atoms with Crippen LogP contribution in [-0.4, -0.2) is 28.0 Å². The molecule has 0 aliphatic carbocycles. The Morgan fingerprint density at radius 1 is 1.23 bits per heavy atom. The first kappa shape index (κ1) is 22.7. The van der Waals surface area contributed by atoms with E-state index in [4.69, 9.17) is 10.5 Å². The molecule has 4 N–H and O–H groups in total. The van der Waals surface area contributed by atoms with Crippen molar-refractivity contribution in [2.24, 2.45) is 12.8 Å². The molecule has 7 nitrogen and oxygen atoms in total. The van der Waals surface area contributed by atoms with E-state index in [1.54, 1.807) is 36.1 Å². The molecule has 0 aliphatic heterocycles. The van der Waals surface area contributed by atoms with E-state index in [-0.39, 0.29) is 5.69 Å². The van der Waals surface area contributed by atoms with Gasteiger partial charge < -0.3 is 21.1 Å². The van der Waals surface area contributed by atoms with Gasteiger partial charge in [-0.15, -0.1) is 0 Å². The molecule has 0 saturated heterocycles. The molecule has 0 unspecified atom stereocenters. The Bertz CT molecular complexity index is 1100. The number of aromatic nitrogens is 2. The Kier molecular flexibility index (Phi) is 6.61. The van der Waals surface area contributed by atoms with Crippen LogP contribution in [0.1, 0.15) is 13.8 Å². The third-order valence-electron chi connectivity index (χ3n) is 4.44. The van der Waals surface area contributed by atoms with Gasteiger partial charge in [-0.25, -0.2) is 13.6 Å². The molecule has 0 atom stereocenters. The Morgan fingerprint density at radius 3 is 2.58 bits per heavy atom. The van der Waals surface area contributed by atoms with Crippen LogP contribution in [0, 0.1) is 11.6 Å². The van der Waals surface area contributed by atoms with Crippen LogP contribution in [0.2, 0.25) is 0 Å². The van der Waals surface area contributed by atoms with Crippen molar-refractivity contribution >= 4 is 33.3 Å². The summed E-state index contributed by atoms with van der Waals surface area (Å²) in [5.41, 5.74) is 6.87. The number of benzene rings is 2. The number of amides is 2. The molecule has 0 saturated carbocycles. The van der Waals surface area contributed by atoms with E-state index in [9.17, 15) is 13.6 Å². The molecule has 3 rings (SSSR count). The maximum Gasteiger partial charge on any atom is 0.323 e. The first-order valence-electron chi connectivity index (χ1n) is 9.33. The van der Waals surface area contributed by atoms with Crippen LogP contribution in [0.25, 0.3) is 11.3 Å². The minimum absolute atomic E-state index is 0.141. The predicted octanol–water partition coefficient (Wildman–Crippen LogP) is 4.89. The molecule has 0 fully saturated rings. The van der Waals surface area contributed by atoms with Crippen molar-refractivity contribution < 1.29 is 18.3 Å². The van der Waals surface area contributed by atoms with Crippen LogP contribution < -0.4 is 21.1 Å². The topological polar surface area (TPSA) is 94.2 Å². The molecule has 2 amide bonds. The third-order valence-corrected chi connectivity index (χ3v) is 5.02. The van der Waals surface area contributed by atoms with Gasteiger partial charge in [-0.2, -0.15) is 5.10 Å². The summed E-state index contributed by atoms with van der Waals surface area (Å²) in [5.74, 6) is -1.05. The summed E-state index contributed by atoms with van der Waals surface area (Å²) in [6.07, 6.45) is 1.65. The minimum Gasteiger partial charge on any atom is -0.486 e. The average molecular weight is 494 g/mol. The lowest BCUT2D eigenvalue weighted by Crippen LogP contribution is -2.37. The van der Waals surface area contributed by atoms with Crippen molar-refractivity contribution in [3.63, 3.8) is 0 Å². The third kappa shape index (κ3) is 5.39. The molecule has 10 heteroatoms. The number of nitrogens with two attached hydrogens (primary N) is 1. The van der Waals surface area contributed by atoms with Crippen molar-refractivity contribution in [2.45, 2.75) is 19.4 Å². The van der Waals surface area contributed by atoms with Gasteiger partial charge in [0.1, 0.15) is 23.0 Å². The van der Waals surface area contributed by atoms with Gasteiger partial charge in [0.25, 0.3) is 0 Å². The molecule has 1 aromatic heterocycles. The molecule has 164 valence electrons. The number of anilines is 2. The Balaban J connectivity index is 1.91. The van der Waals surface area contributed by atoms with Crippen molar-refractivity contribution in [1.29, 1.82) is 0 Å². The number of hydrogen-bond acceptors (Lipinski definition) is 4. The first-order valence-corrected chi connectivity index (χ1v) is 10.1. The summed E-state index contributed by atoms with van der Waals surface area (Å²) in [6.45, 7) is 4.03. The van der Waals surface area contributed by atoms with Gasteiger partial charge in [0.05, 0.1) is 22.1 Å². The van der Waals surface area contributed by atoms with Crippen LogP contribution in [0.15, 0.2) is 47.1 Å². The zero-order chi connectivity index (χ0) is 22.8. The number of nitrogens with one attached hydrogen (secondary N) is 2. The minimum atomic E-state index is -0.873. The number of nitrogens with zero attached hydrogens (tertiary/aromatic N) is 2. The number of carbonyl (C=O) groups is 1. The maximum absolute atomic E-state index is 13.8. The second-order valence-corrected chi connectivity index (χ2v) is 8.30. The van der Waals surface area contributed by atoms with Gasteiger partial charge in [0.15, 0.2) is 0 Å². The molecular formula is C21H22BrF2N5O2. The lowest BCUT2D eigenvalue weighted by Gasteiger charge is -2.26. The molecule has 0 spiro atoms. The number of halogens is 3. The number of rotatable bonds is 6. The smallest absolute Gasteiger partial charge is 0.323 e. The molecule has 2 aromatic carbocycles. The quantitative estimate of drug-likeness (QED) is 0.455. The Morgan fingerprint density at radius 2 is 1.97 bits per heavy atom. The number of aryl methyl sites for hydroxylation is 1. The lowest BCUT2D eigenvalue weighted by molar-refractivity contribution is 0.119. The highest BCUT2D eigenvalue weighted by molar-refractivity contribution is 9.10. The fourth-order valence-electron chi connectivity index (χ4n) is 2.81. The second kappa shape index (κ2) is 9.03. The molecule has 0 radical (unpaired) electrons. The lowest BCUT2D eigenvalue weighted by atomic mass is 10.1. The summed E-state index contributed by atoms with van der Waals surface area (Å²) >= 11 is 3.48. The van der Waals surface area contributed by atoms with Gasteiger partial charge in [-0.1, -0.05) is 0 Å². The molecule has 1 heterocycles. The SMILES string of the molecule is Cn1ncc(Br)c1-c1cc(NC(=O)Nc2ccc(F)cc2F)ccc1OC(C)(C)CN. The summed E-state index contributed by atoms with van der Waals surface area (Å²) in [5, 5.41) is 9.23. The Hall–Kier alpha value is -2.98. The van der Waals surface area contributed by atoms with Crippen LogP contribution in [-0.2, 0) is 7.05 Å². The van der Waals surface area contributed by atoms with E-state index in [1.807, 2.05) is 13.8 Å². The molecular weight excluding hydrogens is 472 g/mol. The van der Waals surface area contributed by atoms with Crippen molar-refractivity contribution in [2.75, 3.05) is 17.2 Å². The first-order chi connectivity index (χ1) is 14.6. The van der Waals surface area contributed by atoms with Crippen molar-refractivity contribution in [3.8, 4) is 17.0 Å². The monoisotopic (exact) mass is 493 g/mol. The highest BCUT2D eigenvalue weighted by Crippen LogP contribution is 2.38. The van der Waals surface area contributed by atoms with Gasteiger partial charge in [-0.05, 0) is 60.1 Å². The van der Waals surface area contributed by atoms with E-state index in [0.29, 0.717) is 29.6 Å². The number of hydrogen-bond donors (Lipinski definition) is 3. The number of urea groups is 1. The highest BCUT2D eigenvalue weighted by atomic mass is 79.9. The summed E-state index contributed by atoms with van der Waals surface area (Å²) in [7, 11) is 1.78. The summed E-state index contributed by atoms with van der Waals surface area (Å²) < 4.78 is 35.4. The summed E-state index contributed by atoms with van der Waals surface area (Å²) in [6, 6.07) is 7.28. The molecule has 3 aromatic rings.